The molecule has 190 valence electrons. The first kappa shape index (κ1) is 24.8. The molecule has 1 N–H and O–H groups in total. The summed E-state index contributed by atoms with van der Waals surface area (Å²) in [6.07, 6.45) is 6.35. The number of nitrogens with one attached hydrogen (secondary N) is 1. The van der Waals surface area contributed by atoms with Crippen LogP contribution in [0.2, 0.25) is 0 Å². The van der Waals surface area contributed by atoms with Gasteiger partial charge in [0.15, 0.2) is 0 Å². The molecule has 0 saturated carbocycles. The van der Waals surface area contributed by atoms with Gasteiger partial charge in [-0.1, -0.05) is 62.4 Å². The van der Waals surface area contributed by atoms with Gasteiger partial charge in [-0.2, -0.15) is 5.26 Å². The van der Waals surface area contributed by atoms with Gasteiger partial charge in [-0.15, -0.1) is 0 Å². The number of likely N-dealkylation sites (N-methyl/N-ethyl adjacent to an activating group) is 1. The highest BCUT2D eigenvalue weighted by Crippen LogP contribution is 2.48. The average molecular weight is 497 g/mol. The number of carbonyl (C=O) groups excluding carboxylic acids is 3. The number of fused-ring (bicyclic) bond motifs is 2. The molecule has 2 aromatic rings. The molecule has 3 atom stereocenters. The van der Waals surface area contributed by atoms with Crippen LogP contribution < -0.4 is 5.32 Å². The number of amides is 3. The van der Waals surface area contributed by atoms with Crippen LogP contribution in [0.1, 0.15) is 49.9 Å². The highest BCUT2D eigenvalue weighted by molar-refractivity contribution is 6.08. The molecule has 0 aromatic heterocycles. The molecule has 0 unspecified atom stereocenters. The molecule has 1 spiro atoms. The second-order valence-corrected chi connectivity index (χ2v) is 10.8. The maximum atomic E-state index is 14.1. The van der Waals surface area contributed by atoms with Crippen LogP contribution in [0.15, 0.2) is 65.9 Å². The van der Waals surface area contributed by atoms with Crippen LogP contribution in [0, 0.1) is 22.7 Å². The van der Waals surface area contributed by atoms with E-state index >= 15 is 0 Å². The highest BCUT2D eigenvalue weighted by Gasteiger charge is 2.57. The van der Waals surface area contributed by atoms with Gasteiger partial charge in [0, 0.05) is 31.3 Å². The molecule has 3 amide bonds. The monoisotopic (exact) mass is 496 g/mol. The Bertz CT molecular complexity index is 1380. The molecule has 0 bridgehead atoms. The number of benzene rings is 2. The molecule has 5 rings (SSSR count). The number of nitrogens with zero attached hydrogens (tertiary/aromatic N) is 3. The Balaban J connectivity index is 1.47. The van der Waals surface area contributed by atoms with Crippen molar-refractivity contribution in [3.8, 4) is 6.07 Å². The normalized spacial score (nSPS) is 23.4. The second kappa shape index (κ2) is 9.51. The van der Waals surface area contributed by atoms with E-state index in [0.29, 0.717) is 12.0 Å². The summed E-state index contributed by atoms with van der Waals surface area (Å²) in [5, 5.41) is 14.8. The quantitative estimate of drug-likeness (QED) is 0.672. The molecule has 2 aromatic carbocycles. The standard InChI is InChI=1S/C30H32N4O3/c1-19(2)15-26(33(3)27(35)23-12-8-10-20-9-4-5-11-22(20)23)28(36)34-18-30(16-21(34)17-31)24-13-6-7-14-25(24)32-29(30)37/h4-6,8-13,19,21,26H,7,14-16,18H2,1-3H3,(H,32,37)/t21-,26-,30-/m0/s1. The van der Waals surface area contributed by atoms with Crippen LogP contribution in [0.4, 0.5) is 0 Å². The molecule has 1 aliphatic carbocycles. The molecule has 0 radical (unpaired) electrons. The number of nitriles is 1. The lowest BCUT2D eigenvalue weighted by Crippen LogP contribution is -2.51. The summed E-state index contributed by atoms with van der Waals surface area (Å²) in [6, 6.07) is 14.1. The Morgan fingerprint density at radius 1 is 1.22 bits per heavy atom. The summed E-state index contributed by atoms with van der Waals surface area (Å²) in [5.74, 6) is -0.522. The van der Waals surface area contributed by atoms with Crippen LogP contribution in [-0.4, -0.2) is 53.2 Å². The third kappa shape index (κ3) is 4.11. The van der Waals surface area contributed by atoms with E-state index in [1.807, 2.05) is 62.4 Å². The summed E-state index contributed by atoms with van der Waals surface area (Å²) in [7, 11) is 1.66. The van der Waals surface area contributed by atoms with Crippen molar-refractivity contribution in [3.63, 3.8) is 0 Å². The minimum absolute atomic E-state index is 0.138. The van der Waals surface area contributed by atoms with E-state index in [2.05, 4.69) is 11.4 Å². The van der Waals surface area contributed by atoms with Crippen LogP contribution in [0.3, 0.4) is 0 Å². The molecule has 7 nitrogen and oxygen atoms in total. The van der Waals surface area contributed by atoms with Crippen LogP contribution >= 0.6 is 0 Å². The van der Waals surface area contributed by atoms with E-state index in [0.717, 1.165) is 34.9 Å². The van der Waals surface area contributed by atoms with E-state index in [1.165, 1.54) is 9.80 Å². The van der Waals surface area contributed by atoms with Crippen LogP contribution in [0.5, 0.6) is 0 Å². The highest BCUT2D eigenvalue weighted by atomic mass is 16.2. The molecule has 1 fully saturated rings. The maximum absolute atomic E-state index is 14.1. The number of rotatable bonds is 5. The van der Waals surface area contributed by atoms with Gasteiger partial charge in [-0.3, -0.25) is 14.4 Å². The maximum Gasteiger partial charge on any atom is 0.254 e. The smallest absolute Gasteiger partial charge is 0.254 e. The molecular weight excluding hydrogens is 464 g/mol. The van der Waals surface area contributed by atoms with Crippen molar-refractivity contribution in [3.05, 3.63) is 71.5 Å². The van der Waals surface area contributed by atoms with Crippen molar-refractivity contribution < 1.29 is 14.4 Å². The third-order valence-corrected chi connectivity index (χ3v) is 7.96. The summed E-state index contributed by atoms with van der Waals surface area (Å²) in [6.45, 7) is 4.17. The van der Waals surface area contributed by atoms with Gasteiger partial charge in [0.2, 0.25) is 11.8 Å². The van der Waals surface area contributed by atoms with Gasteiger partial charge < -0.3 is 15.1 Å². The van der Waals surface area contributed by atoms with E-state index in [4.69, 9.17) is 0 Å². The minimum Gasteiger partial charge on any atom is -0.330 e. The minimum atomic E-state index is -0.914. The fourth-order valence-electron chi connectivity index (χ4n) is 6.04. The van der Waals surface area contributed by atoms with Crippen molar-refractivity contribution in [2.24, 2.45) is 11.3 Å². The predicted molar refractivity (Wildman–Crippen MR) is 141 cm³/mol. The van der Waals surface area contributed by atoms with E-state index < -0.39 is 17.5 Å². The van der Waals surface area contributed by atoms with Crippen molar-refractivity contribution >= 4 is 28.5 Å². The van der Waals surface area contributed by atoms with Crippen molar-refractivity contribution in [1.29, 1.82) is 5.26 Å². The van der Waals surface area contributed by atoms with Gasteiger partial charge >= 0.3 is 0 Å². The van der Waals surface area contributed by atoms with Gasteiger partial charge in [0.25, 0.3) is 5.91 Å². The Labute approximate surface area is 217 Å². The number of allylic oxidation sites excluding steroid dienone is 3. The van der Waals surface area contributed by atoms with Crippen molar-refractivity contribution in [2.45, 2.75) is 51.6 Å². The Hall–Kier alpha value is -3.92. The zero-order chi connectivity index (χ0) is 26.3. The van der Waals surface area contributed by atoms with Crippen molar-refractivity contribution in [2.75, 3.05) is 13.6 Å². The first-order valence-corrected chi connectivity index (χ1v) is 12.9. The van der Waals surface area contributed by atoms with E-state index in [9.17, 15) is 19.6 Å². The Morgan fingerprint density at radius 2 is 1.97 bits per heavy atom. The lowest BCUT2D eigenvalue weighted by molar-refractivity contribution is -0.137. The van der Waals surface area contributed by atoms with E-state index in [1.54, 1.807) is 13.1 Å². The van der Waals surface area contributed by atoms with Gasteiger partial charge in [0.05, 0.1) is 11.5 Å². The summed E-state index contributed by atoms with van der Waals surface area (Å²) in [5.41, 5.74) is 1.43. The summed E-state index contributed by atoms with van der Waals surface area (Å²) < 4.78 is 0. The molecule has 2 aliphatic heterocycles. The molecule has 7 heteroatoms. The third-order valence-electron chi connectivity index (χ3n) is 7.96. The molecular formula is C30H32N4O3. The topological polar surface area (TPSA) is 93.5 Å². The lowest BCUT2D eigenvalue weighted by atomic mass is 9.77. The SMILES string of the molecule is CC(C)C[C@@H](C(=O)N1C[C@]2(C[C@H]1C#N)C(=O)NC1=C2C=CCC1)N(C)C(=O)c1cccc2ccccc12. The van der Waals surface area contributed by atoms with Gasteiger partial charge in [-0.05, 0) is 47.6 Å². The predicted octanol–water partition coefficient (Wildman–Crippen LogP) is 4.17. The Kier molecular flexibility index (Phi) is 6.36. The van der Waals surface area contributed by atoms with Crippen molar-refractivity contribution in [1.82, 2.24) is 15.1 Å². The van der Waals surface area contributed by atoms with Crippen LogP contribution in [-0.2, 0) is 9.59 Å². The zero-order valence-electron chi connectivity index (χ0n) is 21.5. The number of hydrogen-bond acceptors (Lipinski definition) is 4. The molecule has 37 heavy (non-hydrogen) atoms. The average Bonchev–Trinajstić information content (AvgIpc) is 3.43. The van der Waals surface area contributed by atoms with Gasteiger partial charge in [0.1, 0.15) is 12.1 Å². The second-order valence-electron chi connectivity index (χ2n) is 10.8. The first-order chi connectivity index (χ1) is 17.8. The number of hydrogen-bond donors (Lipinski definition) is 1. The summed E-state index contributed by atoms with van der Waals surface area (Å²) in [4.78, 5) is 44.1. The lowest BCUT2D eigenvalue weighted by Gasteiger charge is -2.33. The summed E-state index contributed by atoms with van der Waals surface area (Å²) >= 11 is 0. The van der Waals surface area contributed by atoms with Crippen LogP contribution in [0.25, 0.3) is 10.8 Å². The number of carbonyl (C=O) groups is 3. The largest absolute Gasteiger partial charge is 0.330 e. The fraction of sp³-hybridized carbons (Fsp3) is 0.400. The zero-order valence-corrected chi connectivity index (χ0v) is 21.5. The fourth-order valence-corrected chi connectivity index (χ4v) is 6.04. The van der Waals surface area contributed by atoms with Gasteiger partial charge in [-0.25, -0.2) is 0 Å². The molecule has 2 heterocycles. The first-order valence-electron chi connectivity index (χ1n) is 12.9. The molecule has 3 aliphatic rings. The molecule has 1 saturated heterocycles. The van der Waals surface area contributed by atoms with E-state index in [-0.39, 0.29) is 36.6 Å². The number of likely N-dealkylation sites (tertiary alicyclic amines) is 1. The Morgan fingerprint density at radius 3 is 2.73 bits per heavy atom.